The summed E-state index contributed by atoms with van der Waals surface area (Å²) in [6, 6.07) is 8.04. The van der Waals surface area contributed by atoms with Gasteiger partial charge in [0.25, 0.3) is 0 Å². The highest BCUT2D eigenvalue weighted by Gasteiger charge is 2.37. The van der Waals surface area contributed by atoms with Crippen LogP contribution in [0.3, 0.4) is 0 Å². The number of nitrogens with zero attached hydrogens (tertiary/aromatic N) is 3. The van der Waals surface area contributed by atoms with E-state index in [0.29, 0.717) is 32.6 Å². The number of likely N-dealkylation sites (tertiary alicyclic amines) is 2. The van der Waals surface area contributed by atoms with Gasteiger partial charge in [0.2, 0.25) is 11.8 Å². The summed E-state index contributed by atoms with van der Waals surface area (Å²) in [5.74, 6) is 0.978. The third-order valence-electron chi connectivity index (χ3n) is 5.52. The molecule has 2 aliphatic rings. The van der Waals surface area contributed by atoms with Crippen molar-refractivity contribution >= 4 is 11.8 Å². The van der Waals surface area contributed by atoms with Crippen LogP contribution in [0.5, 0.6) is 5.75 Å². The second-order valence-electron chi connectivity index (χ2n) is 7.95. The maximum absolute atomic E-state index is 12.8. The molecule has 0 aromatic heterocycles. The zero-order chi connectivity index (χ0) is 19.4. The lowest BCUT2D eigenvalue weighted by atomic mass is 10.0. The van der Waals surface area contributed by atoms with Crippen molar-refractivity contribution in [2.75, 3.05) is 46.8 Å². The molecule has 2 amide bonds. The van der Waals surface area contributed by atoms with Crippen LogP contribution in [0.4, 0.5) is 0 Å². The molecule has 148 valence electrons. The number of ether oxygens (including phenoxy) is 1. The molecule has 3 rings (SSSR count). The Morgan fingerprint density at radius 3 is 2.59 bits per heavy atom. The van der Waals surface area contributed by atoms with Crippen LogP contribution in [0.2, 0.25) is 0 Å². The zero-order valence-corrected chi connectivity index (χ0v) is 16.7. The first-order valence-electron chi connectivity index (χ1n) is 9.87. The van der Waals surface area contributed by atoms with Gasteiger partial charge in [0.05, 0.1) is 5.92 Å². The Kier molecular flexibility index (Phi) is 6.37. The van der Waals surface area contributed by atoms with E-state index in [1.165, 1.54) is 0 Å². The number of hydrogen-bond acceptors (Lipinski definition) is 4. The van der Waals surface area contributed by atoms with Gasteiger partial charge in [-0.1, -0.05) is 18.2 Å². The van der Waals surface area contributed by atoms with E-state index in [-0.39, 0.29) is 23.8 Å². The maximum Gasteiger partial charge on any atom is 0.227 e. The minimum Gasteiger partial charge on any atom is -0.490 e. The third-order valence-corrected chi connectivity index (χ3v) is 5.52. The first-order valence-corrected chi connectivity index (χ1v) is 9.87. The Morgan fingerprint density at radius 1 is 1.22 bits per heavy atom. The molecule has 2 aliphatic heterocycles. The van der Waals surface area contributed by atoms with Crippen molar-refractivity contribution in [3.05, 3.63) is 29.8 Å². The van der Waals surface area contributed by atoms with Crippen molar-refractivity contribution in [2.45, 2.75) is 32.3 Å². The van der Waals surface area contributed by atoms with Gasteiger partial charge in [-0.05, 0) is 32.6 Å². The van der Waals surface area contributed by atoms with Crippen LogP contribution < -0.4 is 4.74 Å². The number of likely N-dealkylation sites (N-methyl/N-ethyl adjacent to an activating group) is 1. The van der Waals surface area contributed by atoms with E-state index in [9.17, 15) is 9.59 Å². The molecule has 2 heterocycles. The summed E-state index contributed by atoms with van der Waals surface area (Å²) in [6.45, 7) is 5.55. The van der Waals surface area contributed by atoms with E-state index in [2.05, 4.69) is 4.90 Å². The number of piperidine rings is 1. The number of carbonyl (C=O) groups excluding carboxylic acids is 2. The molecule has 27 heavy (non-hydrogen) atoms. The minimum absolute atomic E-state index is 0.105. The first-order chi connectivity index (χ1) is 12.9. The molecule has 0 aliphatic carbocycles. The van der Waals surface area contributed by atoms with Gasteiger partial charge in [-0.15, -0.1) is 0 Å². The second-order valence-corrected chi connectivity index (χ2v) is 7.95. The molecule has 6 nitrogen and oxygen atoms in total. The molecule has 0 bridgehead atoms. The van der Waals surface area contributed by atoms with E-state index in [4.69, 9.17) is 4.74 Å². The van der Waals surface area contributed by atoms with Gasteiger partial charge in [-0.25, -0.2) is 0 Å². The fourth-order valence-corrected chi connectivity index (χ4v) is 3.79. The average Bonchev–Trinajstić information content (AvgIpc) is 3.03. The van der Waals surface area contributed by atoms with Crippen LogP contribution in [0.25, 0.3) is 0 Å². The van der Waals surface area contributed by atoms with Crippen LogP contribution in [-0.4, -0.2) is 79.4 Å². The Hall–Kier alpha value is -2.08. The van der Waals surface area contributed by atoms with Gasteiger partial charge in [-0.3, -0.25) is 9.59 Å². The zero-order valence-electron chi connectivity index (χ0n) is 16.7. The molecule has 1 aromatic carbocycles. The normalized spacial score (nSPS) is 21.2. The highest BCUT2D eigenvalue weighted by Crippen LogP contribution is 2.25. The number of aryl methyl sites for hydroxylation is 1. The van der Waals surface area contributed by atoms with Crippen molar-refractivity contribution < 1.29 is 14.3 Å². The summed E-state index contributed by atoms with van der Waals surface area (Å²) in [6.07, 6.45) is 2.18. The molecule has 0 unspecified atom stereocenters. The Bertz CT molecular complexity index is 668. The SMILES string of the molecule is Cc1ccccc1OC1CCN(C(=O)[C@H]2CC(=O)N(CCN(C)C)C2)CC1. The number of amides is 2. The highest BCUT2D eigenvalue weighted by molar-refractivity contribution is 5.89. The molecule has 0 radical (unpaired) electrons. The maximum atomic E-state index is 12.8. The van der Waals surface area contributed by atoms with Crippen LogP contribution >= 0.6 is 0 Å². The van der Waals surface area contributed by atoms with E-state index in [1.54, 1.807) is 0 Å². The largest absolute Gasteiger partial charge is 0.490 e. The van der Waals surface area contributed by atoms with Gasteiger partial charge in [0, 0.05) is 52.0 Å². The molecule has 2 fully saturated rings. The summed E-state index contributed by atoms with van der Waals surface area (Å²) in [7, 11) is 3.98. The average molecular weight is 373 g/mol. The summed E-state index contributed by atoms with van der Waals surface area (Å²) in [4.78, 5) is 30.8. The standard InChI is InChI=1S/C21H31N3O3/c1-16-6-4-5-7-19(16)27-18-8-10-23(11-9-18)21(26)17-14-20(25)24(15-17)13-12-22(2)3/h4-7,17-18H,8-15H2,1-3H3/t17-/m0/s1. The van der Waals surface area contributed by atoms with E-state index in [0.717, 1.165) is 30.7 Å². The predicted molar refractivity (Wildman–Crippen MR) is 105 cm³/mol. The smallest absolute Gasteiger partial charge is 0.227 e. The summed E-state index contributed by atoms with van der Waals surface area (Å²) in [5.41, 5.74) is 1.14. The first kappa shape index (κ1) is 19.7. The number of carbonyl (C=O) groups is 2. The van der Waals surface area contributed by atoms with Gasteiger partial charge < -0.3 is 19.4 Å². The molecule has 0 saturated carbocycles. The minimum atomic E-state index is -0.187. The summed E-state index contributed by atoms with van der Waals surface area (Å²) in [5, 5.41) is 0. The second kappa shape index (κ2) is 8.74. The Labute approximate surface area is 162 Å². The van der Waals surface area contributed by atoms with Crippen LogP contribution in [0, 0.1) is 12.8 Å². The third kappa shape index (κ3) is 5.01. The topological polar surface area (TPSA) is 53.1 Å². The molecule has 0 N–H and O–H groups in total. The quantitative estimate of drug-likeness (QED) is 0.763. The summed E-state index contributed by atoms with van der Waals surface area (Å²) < 4.78 is 6.12. The fraction of sp³-hybridized carbons (Fsp3) is 0.619. The van der Waals surface area contributed by atoms with Crippen molar-refractivity contribution in [3.63, 3.8) is 0 Å². The molecular weight excluding hydrogens is 342 g/mol. The summed E-state index contributed by atoms with van der Waals surface area (Å²) >= 11 is 0. The lowest BCUT2D eigenvalue weighted by Crippen LogP contribution is -2.45. The van der Waals surface area contributed by atoms with Gasteiger partial charge >= 0.3 is 0 Å². The molecular formula is C21H31N3O3. The molecule has 2 saturated heterocycles. The lowest BCUT2D eigenvalue weighted by molar-refractivity contribution is -0.137. The molecule has 6 heteroatoms. The highest BCUT2D eigenvalue weighted by atomic mass is 16.5. The Balaban J connectivity index is 1.47. The molecule has 1 atom stereocenters. The van der Waals surface area contributed by atoms with E-state index >= 15 is 0 Å². The van der Waals surface area contributed by atoms with Gasteiger partial charge in [-0.2, -0.15) is 0 Å². The molecule has 1 aromatic rings. The number of benzene rings is 1. The monoisotopic (exact) mass is 373 g/mol. The predicted octanol–water partition coefficient (Wildman–Crippen LogP) is 1.77. The van der Waals surface area contributed by atoms with Gasteiger partial charge in [0.1, 0.15) is 11.9 Å². The van der Waals surface area contributed by atoms with E-state index < -0.39 is 0 Å². The van der Waals surface area contributed by atoms with Crippen LogP contribution in [0.1, 0.15) is 24.8 Å². The Morgan fingerprint density at radius 2 is 1.93 bits per heavy atom. The van der Waals surface area contributed by atoms with Crippen LogP contribution in [-0.2, 0) is 9.59 Å². The van der Waals surface area contributed by atoms with Crippen molar-refractivity contribution in [2.24, 2.45) is 5.92 Å². The molecule has 0 spiro atoms. The van der Waals surface area contributed by atoms with E-state index in [1.807, 2.05) is 55.1 Å². The lowest BCUT2D eigenvalue weighted by Gasteiger charge is -2.33. The number of para-hydroxylation sites is 1. The van der Waals surface area contributed by atoms with Crippen LogP contribution in [0.15, 0.2) is 24.3 Å². The fourth-order valence-electron chi connectivity index (χ4n) is 3.79. The van der Waals surface area contributed by atoms with Crippen molar-refractivity contribution in [1.82, 2.24) is 14.7 Å². The van der Waals surface area contributed by atoms with Crippen molar-refractivity contribution in [3.8, 4) is 5.75 Å². The van der Waals surface area contributed by atoms with Crippen molar-refractivity contribution in [1.29, 1.82) is 0 Å². The number of hydrogen-bond donors (Lipinski definition) is 0. The number of rotatable bonds is 6. The van der Waals surface area contributed by atoms with Gasteiger partial charge in [0.15, 0.2) is 0 Å².